The predicted octanol–water partition coefficient (Wildman–Crippen LogP) is 5.48. The summed E-state index contributed by atoms with van der Waals surface area (Å²) in [5.41, 5.74) is 1.19. The number of halogens is 1. The number of rotatable bonds is 7. The molecule has 0 aliphatic rings. The van der Waals surface area contributed by atoms with Gasteiger partial charge in [0.25, 0.3) is 0 Å². The molecule has 1 aromatic heterocycles. The van der Waals surface area contributed by atoms with Crippen molar-refractivity contribution in [1.82, 2.24) is 9.55 Å². The normalized spacial score (nSPS) is 12.9. The molecule has 1 heterocycles. The zero-order valence-electron chi connectivity index (χ0n) is 16.1. The SMILES string of the molecule is CC(C)(C)C(C(=O)O)n1c(SCCOc2ccccc2)nc2ccc(I)cc21. The number of carboxylic acid groups (broad SMARTS) is 1. The Bertz CT molecular complexity index is 967. The van der Waals surface area contributed by atoms with Crippen molar-refractivity contribution in [3.8, 4) is 5.75 Å². The number of ether oxygens (including phenoxy) is 1. The van der Waals surface area contributed by atoms with Gasteiger partial charge < -0.3 is 14.4 Å². The molecule has 0 saturated carbocycles. The lowest BCUT2D eigenvalue weighted by Gasteiger charge is -2.29. The summed E-state index contributed by atoms with van der Waals surface area (Å²) in [5.74, 6) is 0.642. The summed E-state index contributed by atoms with van der Waals surface area (Å²) in [6.07, 6.45) is 0. The Morgan fingerprint density at radius 1 is 1.25 bits per heavy atom. The van der Waals surface area contributed by atoms with Crippen molar-refractivity contribution in [1.29, 1.82) is 0 Å². The first-order chi connectivity index (χ1) is 13.3. The van der Waals surface area contributed by atoms with E-state index in [1.165, 1.54) is 11.8 Å². The van der Waals surface area contributed by atoms with Gasteiger partial charge in [-0.05, 0) is 58.3 Å². The molecular weight excluding hydrogens is 487 g/mol. The summed E-state index contributed by atoms with van der Waals surface area (Å²) in [6, 6.07) is 14.9. The van der Waals surface area contributed by atoms with Crippen molar-refractivity contribution in [3.63, 3.8) is 0 Å². The molecule has 1 unspecified atom stereocenters. The van der Waals surface area contributed by atoms with Gasteiger partial charge in [-0.3, -0.25) is 0 Å². The van der Waals surface area contributed by atoms with Gasteiger partial charge in [-0.2, -0.15) is 0 Å². The first kappa shape index (κ1) is 21.0. The second kappa shape index (κ2) is 8.73. The summed E-state index contributed by atoms with van der Waals surface area (Å²) in [7, 11) is 0. The first-order valence-corrected chi connectivity index (χ1v) is 11.0. The van der Waals surface area contributed by atoms with Gasteiger partial charge in [-0.1, -0.05) is 50.7 Å². The lowest BCUT2D eigenvalue weighted by atomic mass is 9.86. The minimum absolute atomic E-state index is 0.462. The highest BCUT2D eigenvalue weighted by Crippen LogP contribution is 2.37. The third-order valence-corrected chi connectivity index (χ3v) is 5.85. The van der Waals surface area contributed by atoms with E-state index in [9.17, 15) is 9.90 Å². The summed E-state index contributed by atoms with van der Waals surface area (Å²) in [5, 5.41) is 10.7. The Labute approximate surface area is 182 Å². The number of aliphatic carboxylic acids is 1. The molecule has 0 saturated heterocycles. The molecule has 0 aliphatic heterocycles. The van der Waals surface area contributed by atoms with E-state index in [4.69, 9.17) is 9.72 Å². The molecule has 0 radical (unpaired) electrons. The molecule has 0 bridgehead atoms. The van der Waals surface area contributed by atoms with Crippen LogP contribution >= 0.6 is 34.4 Å². The second-order valence-electron chi connectivity index (χ2n) is 7.51. The molecule has 1 atom stereocenters. The van der Waals surface area contributed by atoms with Gasteiger partial charge in [0, 0.05) is 9.32 Å². The topological polar surface area (TPSA) is 64.3 Å². The van der Waals surface area contributed by atoms with E-state index in [-0.39, 0.29) is 0 Å². The molecule has 0 spiro atoms. The Kier molecular flexibility index (Phi) is 6.54. The lowest BCUT2D eigenvalue weighted by Crippen LogP contribution is -2.32. The third-order valence-electron chi connectivity index (χ3n) is 4.26. The van der Waals surface area contributed by atoms with Crippen LogP contribution < -0.4 is 4.74 Å². The number of carboxylic acids is 1. The van der Waals surface area contributed by atoms with Gasteiger partial charge >= 0.3 is 5.97 Å². The van der Waals surface area contributed by atoms with Crippen molar-refractivity contribution in [2.24, 2.45) is 5.41 Å². The third kappa shape index (κ3) is 4.81. The minimum atomic E-state index is -0.854. The van der Waals surface area contributed by atoms with Crippen LogP contribution in [0.1, 0.15) is 26.8 Å². The zero-order chi connectivity index (χ0) is 20.3. The minimum Gasteiger partial charge on any atom is -0.493 e. The molecule has 3 rings (SSSR count). The van der Waals surface area contributed by atoms with Crippen molar-refractivity contribution < 1.29 is 14.6 Å². The lowest BCUT2D eigenvalue weighted by molar-refractivity contribution is -0.144. The van der Waals surface area contributed by atoms with Crippen LogP contribution in [-0.4, -0.2) is 33.0 Å². The molecule has 28 heavy (non-hydrogen) atoms. The maximum absolute atomic E-state index is 12.2. The highest BCUT2D eigenvalue weighted by Gasteiger charge is 2.35. The van der Waals surface area contributed by atoms with Gasteiger partial charge in [0.1, 0.15) is 11.8 Å². The van der Waals surface area contributed by atoms with Crippen molar-refractivity contribution >= 4 is 51.4 Å². The molecule has 7 heteroatoms. The molecule has 148 valence electrons. The maximum Gasteiger partial charge on any atom is 0.327 e. The van der Waals surface area contributed by atoms with Gasteiger partial charge in [-0.15, -0.1) is 0 Å². The quantitative estimate of drug-likeness (QED) is 0.259. The highest BCUT2D eigenvalue weighted by atomic mass is 127. The van der Waals surface area contributed by atoms with E-state index >= 15 is 0 Å². The van der Waals surface area contributed by atoms with Crippen LogP contribution in [0.2, 0.25) is 0 Å². The van der Waals surface area contributed by atoms with Gasteiger partial charge in [-0.25, -0.2) is 9.78 Å². The molecule has 0 amide bonds. The Balaban J connectivity index is 1.89. The molecule has 1 N–H and O–H groups in total. The average molecular weight is 510 g/mol. The van der Waals surface area contributed by atoms with E-state index in [1.54, 1.807) is 0 Å². The second-order valence-corrected chi connectivity index (χ2v) is 9.82. The van der Waals surface area contributed by atoms with E-state index in [0.29, 0.717) is 17.5 Å². The smallest absolute Gasteiger partial charge is 0.327 e. The fourth-order valence-electron chi connectivity index (χ4n) is 3.07. The standard InChI is InChI=1S/C21H23IN2O3S/c1-21(2,3)18(19(25)26)24-17-13-14(22)9-10-16(17)23-20(24)28-12-11-27-15-7-5-4-6-8-15/h4-10,13,18H,11-12H2,1-3H3,(H,25,26). The van der Waals surface area contributed by atoms with Crippen molar-refractivity contribution in [2.75, 3.05) is 12.4 Å². The summed E-state index contributed by atoms with van der Waals surface area (Å²) < 4.78 is 8.68. The zero-order valence-corrected chi connectivity index (χ0v) is 19.0. The van der Waals surface area contributed by atoms with Gasteiger partial charge in [0.2, 0.25) is 0 Å². The molecule has 3 aromatic rings. The first-order valence-electron chi connectivity index (χ1n) is 8.98. The number of hydrogen-bond donors (Lipinski definition) is 1. The Hall–Kier alpha value is -1.74. The number of thioether (sulfide) groups is 1. The van der Waals surface area contributed by atoms with E-state index in [1.807, 2.05) is 73.9 Å². The van der Waals surface area contributed by atoms with Crippen molar-refractivity contribution in [3.05, 3.63) is 52.1 Å². The average Bonchev–Trinajstić information content (AvgIpc) is 2.96. The van der Waals surface area contributed by atoms with Crippen LogP contribution in [0.15, 0.2) is 53.7 Å². The monoisotopic (exact) mass is 510 g/mol. The summed E-state index contributed by atoms with van der Waals surface area (Å²) >= 11 is 3.76. The fourth-order valence-corrected chi connectivity index (χ4v) is 4.40. The number of imidazole rings is 1. The molecular formula is C21H23IN2O3S. The van der Waals surface area contributed by atoms with Crippen LogP contribution in [0, 0.1) is 8.99 Å². The van der Waals surface area contributed by atoms with Gasteiger partial charge in [0.15, 0.2) is 5.16 Å². The Morgan fingerprint density at radius 3 is 2.61 bits per heavy atom. The number of aromatic nitrogens is 2. The van der Waals surface area contributed by atoms with Crippen LogP contribution in [0.25, 0.3) is 11.0 Å². The van der Waals surface area contributed by atoms with E-state index in [0.717, 1.165) is 20.4 Å². The van der Waals surface area contributed by atoms with Crippen LogP contribution in [0.4, 0.5) is 0 Å². The van der Waals surface area contributed by atoms with Crippen LogP contribution in [-0.2, 0) is 4.79 Å². The number of nitrogens with zero attached hydrogens (tertiary/aromatic N) is 2. The molecule has 2 aromatic carbocycles. The Morgan fingerprint density at radius 2 is 1.96 bits per heavy atom. The fraction of sp³-hybridized carbons (Fsp3) is 0.333. The molecule has 5 nitrogen and oxygen atoms in total. The van der Waals surface area contributed by atoms with Crippen LogP contribution in [0.3, 0.4) is 0 Å². The van der Waals surface area contributed by atoms with Gasteiger partial charge in [0.05, 0.1) is 17.6 Å². The van der Waals surface area contributed by atoms with E-state index < -0.39 is 17.4 Å². The molecule has 0 fully saturated rings. The van der Waals surface area contributed by atoms with E-state index in [2.05, 4.69) is 22.6 Å². The number of para-hydroxylation sites is 1. The molecule has 0 aliphatic carbocycles. The highest BCUT2D eigenvalue weighted by molar-refractivity contribution is 14.1. The van der Waals surface area contributed by atoms with Crippen LogP contribution in [0.5, 0.6) is 5.75 Å². The maximum atomic E-state index is 12.2. The number of benzene rings is 2. The largest absolute Gasteiger partial charge is 0.493 e. The number of fused-ring (bicyclic) bond motifs is 1. The van der Waals surface area contributed by atoms with Crippen molar-refractivity contribution in [2.45, 2.75) is 32.0 Å². The number of carbonyl (C=O) groups is 1. The predicted molar refractivity (Wildman–Crippen MR) is 121 cm³/mol. The summed E-state index contributed by atoms with van der Waals surface area (Å²) in [6.45, 7) is 6.35. The summed E-state index contributed by atoms with van der Waals surface area (Å²) in [4.78, 5) is 16.9. The number of hydrogen-bond acceptors (Lipinski definition) is 4.